The zero-order valence-corrected chi connectivity index (χ0v) is 18.6. The first kappa shape index (κ1) is 28.6. The molecule has 0 radical (unpaired) electrons. The summed E-state index contributed by atoms with van der Waals surface area (Å²) >= 11 is 4.74. The Bertz CT molecular complexity index is 732. The van der Waals surface area contributed by atoms with Crippen LogP contribution in [0.3, 0.4) is 0 Å². The number of anilines is 1. The van der Waals surface area contributed by atoms with Gasteiger partial charge in [0, 0.05) is 43.7 Å². The third kappa shape index (κ3) is 11.3. The van der Waals surface area contributed by atoms with E-state index in [1.807, 2.05) is 12.1 Å². The van der Waals surface area contributed by atoms with Gasteiger partial charge in [0.05, 0.1) is 0 Å². The number of H-pyrrole nitrogens is 1. The monoisotopic (exact) mass is 468 g/mol. The minimum atomic E-state index is -0.120. The second-order valence-electron chi connectivity index (χ2n) is 5.76. The molecule has 2 aromatic heterocycles. The van der Waals surface area contributed by atoms with Gasteiger partial charge < -0.3 is 16.4 Å². The third-order valence-corrected chi connectivity index (χ3v) is 3.83. The molecule has 5 N–H and O–H groups in total. The Labute approximate surface area is 188 Å². The Morgan fingerprint density at radius 2 is 1.82 bits per heavy atom. The first-order valence-corrected chi connectivity index (χ1v) is 8.80. The summed E-state index contributed by atoms with van der Waals surface area (Å²) < 4.78 is 0. The van der Waals surface area contributed by atoms with E-state index in [2.05, 4.69) is 25.6 Å². The summed E-state index contributed by atoms with van der Waals surface area (Å²) in [5.41, 5.74) is 6.85. The fraction of sp³-hybridized carbons (Fsp3) is 0.412. The van der Waals surface area contributed by atoms with Crippen molar-refractivity contribution in [3.05, 3.63) is 52.2 Å². The lowest BCUT2D eigenvalue weighted by Gasteiger charge is -2.07. The molecule has 0 aromatic carbocycles. The highest BCUT2D eigenvalue weighted by molar-refractivity contribution is 7.80. The van der Waals surface area contributed by atoms with Gasteiger partial charge >= 0.3 is 0 Å². The highest BCUT2D eigenvalue weighted by atomic mass is 35.5. The van der Waals surface area contributed by atoms with Crippen molar-refractivity contribution in [1.82, 2.24) is 20.3 Å². The molecule has 0 aliphatic heterocycles. The number of nitrogens with two attached hydrogens (primary N) is 1. The highest BCUT2D eigenvalue weighted by Gasteiger charge is 2.04. The van der Waals surface area contributed by atoms with Crippen molar-refractivity contribution in [2.75, 3.05) is 18.4 Å². The molecule has 0 aliphatic rings. The molecule has 28 heavy (non-hydrogen) atoms. The number of aromatic nitrogens is 3. The van der Waals surface area contributed by atoms with Gasteiger partial charge in [-0.25, -0.2) is 4.98 Å². The quantitative estimate of drug-likeness (QED) is 0.313. The largest absolute Gasteiger partial charge is 0.376 e. The number of unbranched alkanes of at least 4 members (excludes halogenated alkanes) is 3. The van der Waals surface area contributed by atoms with Crippen LogP contribution in [0.15, 0.2) is 35.5 Å². The number of thiocarbonyl (C=S) groups is 1. The summed E-state index contributed by atoms with van der Waals surface area (Å²) in [6.45, 7) is 1.59. The van der Waals surface area contributed by atoms with Crippen molar-refractivity contribution in [3.63, 3.8) is 0 Å². The van der Waals surface area contributed by atoms with Crippen LogP contribution >= 0.6 is 49.4 Å². The molecule has 0 spiro atoms. The normalized spacial score (nSPS) is 9.29. The van der Waals surface area contributed by atoms with E-state index >= 15 is 0 Å². The van der Waals surface area contributed by atoms with Crippen LogP contribution in [0.4, 0.5) is 5.95 Å². The fourth-order valence-corrected chi connectivity index (χ4v) is 2.48. The molecule has 158 valence electrons. The standard InChI is InChI=1S/C17H24N6OS.3ClH/c18-16(25)20-8-3-1-2-4-9-21-17-22-12-14(15(24)23-17)10-13-6-5-7-19-11-13;;;/h5-7,11-12H,1-4,8-10H2,(H3,18,20,25)(H2,21,22,23,24);3*1H. The Hall–Kier alpha value is -1.61. The van der Waals surface area contributed by atoms with Gasteiger partial charge in [-0.1, -0.05) is 18.9 Å². The minimum absolute atomic E-state index is 0. The third-order valence-electron chi connectivity index (χ3n) is 3.69. The summed E-state index contributed by atoms with van der Waals surface area (Å²) in [6.07, 6.45) is 9.85. The first-order valence-electron chi connectivity index (χ1n) is 8.39. The SMILES string of the molecule is Cl.Cl.Cl.NC(=S)NCCCCCCNc1ncc(Cc2cccnc2)c(=O)[nH]1. The van der Waals surface area contributed by atoms with Crippen molar-refractivity contribution in [1.29, 1.82) is 0 Å². The fourth-order valence-electron chi connectivity index (χ4n) is 2.38. The molecular formula is C17H27Cl3N6OS. The summed E-state index contributed by atoms with van der Waals surface area (Å²) in [6, 6.07) is 3.79. The Morgan fingerprint density at radius 3 is 2.43 bits per heavy atom. The lowest BCUT2D eigenvalue weighted by Crippen LogP contribution is -2.29. The van der Waals surface area contributed by atoms with Crippen LogP contribution in [0, 0.1) is 0 Å². The molecule has 2 rings (SSSR count). The smallest absolute Gasteiger partial charge is 0.255 e. The predicted octanol–water partition coefficient (Wildman–Crippen LogP) is 2.83. The maximum absolute atomic E-state index is 12.1. The van der Waals surface area contributed by atoms with E-state index in [1.165, 1.54) is 0 Å². The minimum Gasteiger partial charge on any atom is -0.376 e. The molecule has 11 heteroatoms. The average Bonchev–Trinajstić information content (AvgIpc) is 2.60. The van der Waals surface area contributed by atoms with Crippen LogP contribution in [0.2, 0.25) is 0 Å². The van der Waals surface area contributed by atoms with Gasteiger partial charge in [-0.2, -0.15) is 0 Å². The predicted molar refractivity (Wildman–Crippen MR) is 125 cm³/mol. The van der Waals surface area contributed by atoms with Crippen molar-refractivity contribution in [2.24, 2.45) is 5.73 Å². The number of halogens is 3. The number of nitrogens with zero attached hydrogens (tertiary/aromatic N) is 2. The van der Waals surface area contributed by atoms with Gasteiger partial charge in [0.25, 0.3) is 5.56 Å². The number of nitrogens with one attached hydrogen (secondary N) is 3. The van der Waals surface area contributed by atoms with Crippen LogP contribution in [0.5, 0.6) is 0 Å². The summed E-state index contributed by atoms with van der Waals surface area (Å²) in [5.74, 6) is 0.509. The van der Waals surface area contributed by atoms with Gasteiger partial charge in [0.1, 0.15) is 0 Å². The van der Waals surface area contributed by atoms with Crippen molar-refractivity contribution >= 4 is 60.5 Å². The zero-order valence-electron chi connectivity index (χ0n) is 15.3. The van der Waals surface area contributed by atoms with Gasteiger partial charge in [-0.3, -0.25) is 14.8 Å². The van der Waals surface area contributed by atoms with E-state index in [0.717, 1.165) is 44.3 Å². The molecule has 0 bridgehead atoms. The Kier molecular flexibility index (Phi) is 16.7. The summed E-state index contributed by atoms with van der Waals surface area (Å²) in [4.78, 5) is 23.2. The van der Waals surface area contributed by atoms with Crippen LogP contribution in [0.1, 0.15) is 36.8 Å². The van der Waals surface area contributed by atoms with E-state index in [9.17, 15) is 4.79 Å². The second kappa shape index (κ2) is 16.4. The van der Waals surface area contributed by atoms with Gasteiger partial charge in [0.15, 0.2) is 5.11 Å². The molecule has 2 heterocycles. The highest BCUT2D eigenvalue weighted by Crippen LogP contribution is 2.05. The zero-order chi connectivity index (χ0) is 17.9. The van der Waals surface area contributed by atoms with Gasteiger partial charge in [-0.15, -0.1) is 37.2 Å². The molecule has 0 amide bonds. The average molecular weight is 470 g/mol. The molecule has 2 aromatic rings. The number of hydrogen-bond acceptors (Lipinski definition) is 5. The van der Waals surface area contributed by atoms with Gasteiger partial charge in [-0.05, 0) is 36.7 Å². The molecule has 7 nitrogen and oxygen atoms in total. The molecular weight excluding hydrogens is 443 g/mol. The van der Waals surface area contributed by atoms with Crippen LogP contribution in [-0.2, 0) is 6.42 Å². The molecule has 0 unspecified atom stereocenters. The summed E-state index contributed by atoms with van der Waals surface area (Å²) in [7, 11) is 0. The number of pyridine rings is 1. The van der Waals surface area contributed by atoms with E-state index in [4.69, 9.17) is 18.0 Å². The molecule has 0 atom stereocenters. The van der Waals surface area contributed by atoms with E-state index < -0.39 is 0 Å². The topological polar surface area (TPSA) is 109 Å². The molecule has 0 fully saturated rings. The Balaban J connectivity index is 0. The number of hydrogen-bond donors (Lipinski definition) is 4. The lowest BCUT2D eigenvalue weighted by atomic mass is 10.1. The first-order chi connectivity index (χ1) is 12.1. The second-order valence-corrected chi connectivity index (χ2v) is 6.20. The van der Waals surface area contributed by atoms with Crippen molar-refractivity contribution in [2.45, 2.75) is 32.1 Å². The maximum Gasteiger partial charge on any atom is 0.255 e. The van der Waals surface area contributed by atoms with Crippen LogP contribution in [0.25, 0.3) is 0 Å². The lowest BCUT2D eigenvalue weighted by molar-refractivity contribution is 0.643. The van der Waals surface area contributed by atoms with Crippen LogP contribution < -0.4 is 21.9 Å². The van der Waals surface area contributed by atoms with Crippen molar-refractivity contribution in [3.8, 4) is 0 Å². The van der Waals surface area contributed by atoms with E-state index in [1.54, 1.807) is 18.6 Å². The number of aromatic amines is 1. The van der Waals surface area contributed by atoms with Crippen LogP contribution in [-0.4, -0.2) is 33.2 Å². The molecule has 0 aliphatic carbocycles. The van der Waals surface area contributed by atoms with Crippen molar-refractivity contribution < 1.29 is 0 Å². The molecule has 0 saturated heterocycles. The Morgan fingerprint density at radius 1 is 1.11 bits per heavy atom. The van der Waals surface area contributed by atoms with E-state index in [-0.39, 0.29) is 42.8 Å². The van der Waals surface area contributed by atoms with E-state index in [0.29, 0.717) is 23.0 Å². The maximum atomic E-state index is 12.1. The molecule has 0 saturated carbocycles. The number of rotatable bonds is 10. The van der Waals surface area contributed by atoms with Gasteiger partial charge in [0.2, 0.25) is 5.95 Å². The summed E-state index contributed by atoms with van der Waals surface area (Å²) in [5, 5.41) is 6.43.